The summed E-state index contributed by atoms with van der Waals surface area (Å²) in [6.45, 7) is 5.27. The van der Waals surface area contributed by atoms with Gasteiger partial charge in [-0.25, -0.2) is 9.48 Å². The van der Waals surface area contributed by atoms with Crippen LogP contribution in [0.3, 0.4) is 0 Å². The van der Waals surface area contributed by atoms with E-state index in [1.807, 2.05) is 22.9 Å². The molecule has 0 aliphatic carbocycles. The summed E-state index contributed by atoms with van der Waals surface area (Å²) in [6, 6.07) is 7.50. The van der Waals surface area contributed by atoms with Gasteiger partial charge in [0, 0.05) is 31.6 Å². The second-order valence-corrected chi connectivity index (χ2v) is 5.70. The van der Waals surface area contributed by atoms with Gasteiger partial charge in [-0.05, 0) is 18.6 Å². The lowest BCUT2D eigenvalue weighted by Crippen LogP contribution is -2.37. The number of aromatic nitrogens is 3. The van der Waals surface area contributed by atoms with Crippen LogP contribution in [0.4, 0.5) is 0 Å². The Labute approximate surface area is 144 Å². The number of rotatable bonds is 4. The molecule has 3 aromatic rings. The van der Waals surface area contributed by atoms with E-state index in [0.717, 1.165) is 56.7 Å². The highest BCUT2D eigenvalue weighted by Crippen LogP contribution is 2.21. The van der Waals surface area contributed by atoms with Crippen molar-refractivity contribution in [2.24, 2.45) is 0 Å². The summed E-state index contributed by atoms with van der Waals surface area (Å²) in [5, 5.41) is 9.03. The molecule has 0 saturated carbocycles. The SMILES string of the molecule is Cl.O=c1oc2ccccc2c2c1nnn2CCCN1CCOCC1. The van der Waals surface area contributed by atoms with Gasteiger partial charge in [-0.3, -0.25) is 4.90 Å². The first-order chi connectivity index (χ1) is 11.3. The van der Waals surface area contributed by atoms with Crippen LogP contribution in [0.15, 0.2) is 33.5 Å². The van der Waals surface area contributed by atoms with Crippen LogP contribution in [-0.4, -0.2) is 52.7 Å². The van der Waals surface area contributed by atoms with Gasteiger partial charge in [0.25, 0.3) is 0 Å². The average Bonchev–Trinajstić information content (AvgIpc) is 3.01. The van der Waals surface area contributed by atoms with Gasteiger partial charge < -0.3 is 9.15 Å². The molecule has 1 fully saturated rings. The van der Waals surface area contributed by atoms with Gasteiger partial charge in [-0.15, -0.1) is 17.5 Å². The Balaban J connectivity index is 0.00000169. The van der Waals surface area contributed by atoms with E-state index in [-0.39, 0.29) is 12.4 Å². The second-order valence-electron chi connectivity index (χ2n) is 5.70. The molecular weight excluding hydrogens is 332 g/mol. The zero-order valence-electron chi connectivity index (χ0n) is 13.2. The Bertz CT molecular complexity index is 886. The standard InChI is InChI=1S/C16H18N4O3.ClH/c21-16-14-15(12-4-1-2-5-13(12)23-16)20(18-17-14)7-3-6-19-8-10-22-11-9-19;/h1-2,4-5H,3,6-11H2;1H. The molecule has 24 heavy (non-hydrogen) atoms. The summed E-state index contributed by atoms with van der Waals surface area (Å²) < 4.78 is 12.5. The molecule has 0 unspecified atom stereocenters. The molecule has 0 spiro atoms. The first-order valence-electron chi connectivity index (χ1n) is 7.88. The van der Waals surface area contributed by atoms with Crippen LogP contribution >= 0.6 is 12.4 Å². The number of morpholine rings is 1. The van der Waals surface area contributed by atoms with E-state index in [0.29, 0.717) is 11.1 Å². The molecule has 1 aliphatic rings. The molecule has 2 aromatic heterocycles. The molecule has 1 aromatic carbocycles. The number of hydrogen-bond acceptors (Lipinski definition) is 6. The summed E-state index contributed by atoms with van der Waals surface area (Å²) in [5.74, 6) is 0. The lowest BCUT2D eigenvalue weighted by Gasteiger charge is -2.26. The van der Waals surface area contributed by atoms with Gasteiger partial charge in [0.15, 0.2) is 5.52 Å². The molecule has 0 amide bonds. The third-order valence-corrected chi connectivity index (χ3v) is 4.22. The number of para-hydroxylation sites is 1. The van der Waals surface area contributed by atoms with E-state index in [1.54, 1.807) is 6.07 Å². The zero-order valence-corrected chi connectivity index (χ0v) is 14.0. The molecule has 0 atom stereocenters. The van der Waals surface area contributed by atoms with Crippen LogP contribution in [0, 0.1) is 0 Å². The van der Waals surface area contributed by atoms with Crippen LogP contribution in [-0.2, 0) is 11.3 Å². The summed E-state index contributed by atoms with van der Waals surface area (Å²) >= 11 is 0. The highest BCUT2D eigenvalue weighted by molar-refractivity contribution is 6.00. The fraction of sp³-hybridized carbons (Fsp3) is 0.438. The largest absolute Gasteiger partial charge is 0.421 e. The van der Waals surface area contributed by atoms with Crippen molar-refractivity contribution in [2.45, 2.75) is 13.0 Å². The van der Waals surface area contributed by atoms with Crippen molar-refractivity contribution in [3.63, 3.8) is 0 Å². The molecular formula is C16H19ClN4O3. The number of aryl methyl sites for hydroxylation is 1. The van der Waals surface area contributed by atoms with Gasteiger partial charge in [0.2, 0.25) is 0 Å². The Morgan fingerprint density at radius 3 is 2.75 bits per heavy atom. The number of fused-ring (bicyclic) bond motifs is 3. The van der Waals surface area contributed by atoms with Crippen LogP contribution in [0.2, 0.25) is 0 Å². The van der Waals surface area contributed by atoms with Crippen molar-refractivity contribution in [1.82, 2.24) is 19.9 Å². The fourth-order valence-corrected chi connectivity index (χ4v) is 3.04. The molecule has 1 aliphatic heterocycles. The molecule has 1 saturated heterocycles. The van der Waals surface area contributed by atoms with Crippen molar-refractivity contribution in [3.8, 4) is 0 Å². The minimum atomic E-state index is -0.432. The minimum absolute atomic E-state index is 0. The number of hydrogen-bond donors (Lipinski definition) is 0. The predicted octanol–water partition coefficient (Wildman–Crippen LogP) is 1.68. The van der Waals surface area contributed by atoms with Gasteiger partial charge in [-0.2, -0.15) is 0 Å². The quantitative estimate of drug-likeness (QED) is 0.667. The summed E-state index contributed by atoms with van der Waals surface area (Å²) in [7, 11) is 0. The van der Waals surface area contributed by atoms with Gasteiger partial charge in [-0.1, -0.05) is 17.3 Å². The maximum absolute atomic E-state index is 12.0. The first kappa shape index (κ1) is 16.9. The third kappa shape index (κ3) is 3.15. The molecule has 128 valence electrons. The van der Waals surface area contributed by atoms with Crippen molar-refractivity contribution >= 4 is 34.4 Å². The minimum Gasteiger partial charge on any atom is -0.421 e. The lowest BCUT2D eigenvalue weighted by molar-refractivity contribution is 0.0368. The van der Waals surface area contributed by atoms with Crippen LogP contribution in [0.5, 0.6) is 0 Å². The maximum atomic E-state index is 12.0. The molecule has 0 bridgehead atoms. The van der Waals surface area contributed by atoms with E-state index in [9.17, 15) is 4.79 Å². The normalized spacial score (nSPS) is 15.7. The molecule has 8 heteroatoms. The highest BCUT2D eigenvalue weighted by Gasteiger charge is 2.15. The van der Waals surface area contributed by atoms with E-state index in [2.05, 4.69) is 15.2 Å². The molecule has 7 nitrogen and oxygen atoms in total. The molecule has 0 radical (unpaired) electrons. The van der Waals surface area contributed by atoms with Crippen LogP contribution in [0.25, 0.3) is 22.0 Å². The molecule has 3 heterocycles. The van der Waals surface area contributed by atoms with E-state index < -0.39 is 5.63 Å². The third-order valence-electron chi connectivity index (χ3n) is 4.22. The predicted molar refractivity (Wildman–Crippen MR) is 92.7 cm³/mol. The average molecular weight is 351 g/mol. The topological polar surface area (TPSA) is 73.4 Å². The van der Waals surface area contributed by atoms with Crippen molar-refractivity contribution in [1.29, 1.82) is 0 Å². The zero-order chi connectivity index (χ0) is 15.6. The van der Waals surface area contributed by atoms with Crippen molar-refractivity contribution < 1.29 is 9.15 Å². The van der Waals surface area contributed by atoms with Crippen molar-refractivity contribution in [2.75, 3.05) is 32.8 Å². The molecule has 0 N–H and O–H groups in total. The number of halogens is 1. The van der Waals surface area contributed by atoms with Gasteiger partial charge >= 0.3 is 5.63 Å². The van der Waals surface area contributed by atoms with Gasteiger partial charge in [0.05, 0.1) is 13.2 Å². The Kier molecular flexibility index (Phi) is 5.13. The maximum Gasteiger partial charge on any atom is 0.366 e. The summed E-state index contributed by atoms with van der Waals surface area (Å²) in [6.07, 6.45) is 0.951. The number of nitrogens with zero attached hydrogens (tertiary/aromatic N) is 4. The van der Waals surface area contributed by atoms with Gasteiger partial charge in [0.1, 0.15) is 11.1 Å². The van der Waals surface area contributed by atoms with E-state index >= 15 is 0 Å². The van der Waals surface area contributed by atoms with E-state index in [4.69, 9.17) is 9.15 Å². The highest BCUT2D eigenvalue weighted by atomic mass is 35.5. The van der Waals surface area contributed by atoms with Crippen LogP contribution in [0.1, 0.15) is 6.42 Å². The lowest BCUT2D eigenvalue weighted by atomic mass is 10.2. The number of benzene rings is 1. The van der Waals surface area contributed by atoms with Crippen LogP contribution < -0.4 is 5.63 Å². The monoisotopic (exact) mass is 350 g/mol. The second kappa shape index (κ2) is 7.29. The Hall–Kier alpha value is -1.96. The smallest absolute Gasteiger partial charge is 0.366 e. The Morgan fingerprint density at radius 1 is 1.12 bits per heavy atom. The molecule has 4 rings (SSSR count). The summed E-state index contributed by atoms with van der Waals surface area (Å²) in [5.41, 5.74) is 1.20. The van der Waals surface area contributed by atoms with Crippen molar-refractivity contribution in [3.05, 3.63) is 34.7 Å². The first-order valence-corrected chi connectivity index (χ1v) is 7.88. The number of ether oxygens (including phenoxy) is 1. The van der Waals surface area contributed by atoms with E-state index in [1.165, 1.54) is 0 Å². The fourth-order valence-electron chi connectivity index (χ4n) is 3.04. The Morgan fingerprint density at radius 2 is 1.92 bits per heavy atom. The summed E-state index contributed by atoms with van der Waals surface area (Å²) in [4.78, 5) is 14.4.